The van der Waals surface area contributed by atoms with Crippen molar-refractivity contribution in [2.24, 2.45) is 0 Å². The zero-order chi connectivity index (χ0) is 20.2. The Kier molecular flexibility index (Phi) is 10.5. The molecule has 8 heteroatoms. The molecule has 0 aliphatic carbocycles. The van der Waals surface area contributed by atoms with Gasteiger partial charge in [-0.05, 0) is 32.2 Å². The molecule has 2 saturated heterocycles. The number of carboxylic acid groups (broad SMARTS) is 2. The second-order valence-corrected chi connectivity index (χ2v) is 7.39. The number of morpholine rings is 2. The number of carboxylic acids is 2. The molecule has 0 spiro atoms. The second kappa shape index (κ2) is 12.9. The van der Waals surface area contributed by atoms with E-state index in [0.717, 1.165) is 65.2 Å². The summed E-state index contributed by atoms with van der Waals surface area (Å²) < 4.78 is 10.6. The van der Waals surface area contributed by atoms with Gasteiger partial charge in [-0.2, -0.15) is 0 Å². The number of nitrogens with zero attached hydrogens (tertiary/aromatic N) is 2. The summed E-state index contributed by atoms with van der Waals surface area (Å²) >= 11 is 0. The van der Waals surface area contributed by atoms with Crippen molar-refractivity contribution in [3.63, 3.8) is 0 Å². The van der Waals surface area contributed by atoms with Gasteiger partial charge in [0.2, 0.25) is 0 Å². The first-order chi connectivity index (χ1) is 13.6. The van der Waals surface area contributed by atoms with E-state index in [1.807, 2.05) is 0 Å². The quantitative estimate of drug-likeness (QED) is 0.376. The van der Waals surface area contributed by atoms with E-state index in [1.54, 1.807) is 0 Å². The predicted molar refractivity (Wildman–Crippen MR) is 105 cm³/mol. The maximum atomic E-state index is 11.6. The number of rotatable bonds is 12. The van der Waals surface area contributed by atoms with E-state index in [2.05, 4.69) is 9.80 Å². The molecule has 8 nitrogen and oxygen atoms in total. The molecule has 2 aliphatic heterocycles. The van der Waals surface area contributed by atoms with Gasteiger partial charge in [-0.15, -0.1) is 0 Å². The Labute approximate surface area is 167 Å². The molecule has 2 fully saturated rings. The van der Waals surface area contributed by atoms with Crippen LogP contribution in [0, 0.1) is 0 Å². The number of hydrogen-bond donors (Lipinski definition) is 2. The van der Waals surface area contributed by atoms with Gasteiger partial charge < -0.3 is 19.7 Å². The van der Waals surface area contributed by atoms with Crippen LogP contribution in [0.3, 0.4) is 0 Å². The molecule has 0 saturated carbocycles. The van der Waals surface area contributed by atoms with Crippen molar-refractivity contribution in [2.45, 2.75) is 38.5 Å². The van der Waals surface area contributed by atoms with Crippen LogP contribution in [0.4, 0.5) is 0 Å². The minimum atomic E-state index is -1.11. The van der Waals surface area contributed by atoms with Crippen LogP contribution in [-0.4, -0.2) is 97.6 Å². The maximum absolute atomic E-state index is 11.6. The summed E-state index contributed by atoms with van der Waals surface area (Å²) in [5, 5.41) is 19.1. The van der Waals surface area contributed by atoms with Crippen LogP contribution in [0.2, 0.25) is 0 Å². The molecular formula is C20H34N2O6. The first kappa shape index (κ1) is 22.8. The lowest BCUT2D eigenvalue weighted by atomic mass is 9.98. The third-order valence-electron chi connectivity index (χ3n) is 5.42. The average Bonchev–Trinajstić information content (AvgIpc) is 2.70. The lowest BCUT2D eigenvalue weighted by molar-refractivity contribution is -0.136. The molecule has 0 bridgehead atoms. The zero-order valence-electron chi connectivity index (χ0n) is 16.7. The summed E-state index contributed by atoms with van der Waals surface area (Å²) in [7, 11) is 0. The highest BCUT2D eigenvalue weighted by atomic mass is 16.5. The fraction of sp³-hybridized carbons (Fsp3) is 0.800. The average molecular weight is 399 g/mol. The van der Waals surface area contributed by atoms with Crippen molar-refractivity contribution in [1.82, 2.24) is 9.80 Å². The van der Waals surface area contributed by atoms with Gasteiger partial charge in [-0.25, -0.2) is 9.59 Å². The number of hydrogen-bond acceptors (Lipinski definition) is 6. The van der Waals surface area contributed by atoms with E-state index in [9.17, 15) is 19.8 Å². The standard InChI is InChI=1S/C20H34N2O6/c23-19(24)17(5-3-1-2-4-7-21-9-13-27-14-10-21)18(20(25)26)6-8-22-11-15-28-16-12-22/h1-16H2,(H,23,24)(H,25,26)/b18-17+. The Balaban J connectivity index is 1.75. The van der Waals surface area contributed by atoms with Gasteiger partial charge in [0.1, 0.15) is 0 Å². The van der Waals surface area contributed by atoms with Crippen molar-refractivity contribution in [2.75, 3.05) is 65.7 Å². The molecule has 0 radical (unpaired) electrons. The Hall–Kier alpha value is -1.48. The third-order valence-corrected chi connectivity index (χ3v) is 5.42. The molecule has 0 unspecified atom stereocenters. The molecule has 0 aromatic carbocycles. The number of ether oxygens (including phenoxy) is 2. The second-order valence-electron chi connectivity index (χ2n) is 7.39. The van der Waals surface area contributed by atoms with E-state index in [1.165, 1.54) is 0 Å². The van der Waals surface area contributed by atoms with E-state index < -0.39 is 11.9 Å². The van der Waals surface area contributed by atoms with Crippen LogP contribution in [0.1, 0.15) is 38.5 Å². The van der Waals surface area contributed by atoms with Crippen molar-refractivity contribution >= 4 is 11.9 Å². The monoisotopic (exact) mass is 398 g/mol. The minimum Gasteiger partial charge on any atom is -0.478 e. The van der Waals surface area contributed by atoms with E-state index in [-0.39, 0.29) is 17.6 Å². The highest BCUT2D eigenvalue weighted by Crippen LogP contribution is 2.19. The maximum Gasteiger partial charge on any atom is 0.332 e. The Bertz CT molecular complexity index is 525. The molecule has 0 atom stereocenters. The zero-order valence-corrected chi connectivity index (χ0v) is 16.7. The molecule has 2 N–H and O–H groups in total. The summed E-state index contributed by atoms with van der Waals surface area (Å²) in [6, 6.07) is 0. The first-order valence-electron chi connectivity index (χ1n) is 10.4. The Morgan fingerprint density at radius 1 is 0.643 bits per heavy atom. The van der Waals surface area contributed by atoms with Crippen LogP contribution >= 0.6 is 0 Å². The summed E-state index contributed by atoms with van der Waals surface area (Å²) in [4.78, 5) is 27.8. The minimum absolute atomic E-state index is 0.0484. The van der Waals surface area contributed by atoms with Gasteiger partial charge in [0.15, 0.2) is 0 Å². The van der Waals surface area contributed by atoms with Crippen LogP contribution in [-0.2, 0) is 19.1 Å². The smallest absolute Gasteiger partial charge is 0.332 e. The normalized spacial score (nSPS) is 20.0. The number of aliphatic carboxylic acids is 2. The molecule has 28 heavy (non-hydrogen) atoms. The number of carbonyl (C=O) groups is 2. The summed E-state index contributed by atoms with van der Waals surface area (Å²) in [5.41, 5.74) is 0.112. The Morgan fingerprint density at radius 2 is 1.11 bits per heavy atom. The van der Waals surface area contributed by atoms with Gasteiger partial charge in [0, 0.05) is 43.9 Å². The molecule has 2 rings (SSSR count). The fourth-order valence-corrected chi connectivity index (χ4v) is 3.68. The summed E-state index contributed by atoms with van der Waals surface area (Å²) in [5.74, 6) is -2.22. The molecule has 2 heterocycles. The van der Waals surface area contributed by atoms with Gasteiger partial charge in [-0.3, -0.25) is 9.80 Å². The van der Waals surface area contributed by atoms with Crippen molar-refractivity contribution < 1.29 is 29.3 Å². The van der Waals surface area contributed by atoms with Crippen molar-refractivity contribution in [3.05, 3.63) is 11.1 Å². The third kappa shape index (κ3) is 8.26. The van der Waals surface area contributed by atoms with E-state index >= 15 is 0 Å². The lowest BCUT2D eigenvalue weighted by Crippen LogP contribution is -2.37. The lowest BCUT2D eigenvalue weighted by Gasteiger charge is -2.26. The van der Waals surface area contributed by atoms with Gasteiger partial charge in [0.25, 0.3) is 0 Å². The summed E-state index contributed by atoms with van der Waals surface area (Å²) in [6.45, 7) is 7.98. The highest BCUT2D eigenvalue weighted by Gasteiger charge is 2.21. The topological polar surface area (TPSA) is 99.5 Å². The molecule has 0 amide bonds. The molecule has 2 aliphatic rings. The van der Waals surface area contributed by atoms with Gasteiger partial charge in [-0.1, -0.05) is 12.8 Å². The van der Waals surface area contributed by atoms with E-state index in [0.29, 0.717) is 32.6 Å². The molecule has 160 valence electrons. The molecular weight excluding hydrogens is 364 g/mol. The Morgan fingerprint density at radius 3 is 1.64 bits per heavy atom. The van der Waals surface area contributed by atoms with Crippen molar-refractivity contribution in [3.8, 4) is 0 Å². The highest BCUT2D eigenvalue weighted by molar-refractivity contribution is 5.98. The predicted octanol–water partition coefficient (Wildman–Crippen LogP) is 1.46. The largest absolute Gasteiger partial charge is 0.478 e. The first-order valence-corrected chi connectivity index (χ1v) is 10.4. The SMILES string of the molecule is O=C(O)/C(CCCCCCN1CCOCC1)=C(\CCN1CCOCC1)C(=O)O. The molecule has 0 aromatic heterocycles. The molecule has 0 aromatic rings. The van der Waals surface area contributed by atoms with E-state index in [4.69, 9.17) is 9.47 Å². The fourth-order valence-electron chi connectivity index (χ4n) is 3.68. The van der Waals surface area contributed by atoms with Gasteiger partial charge >= 0.3 is 11.9 Å². The summed E-state index contributed by atoms with van der Waals surface area (Å²) in [6.07, 6.45) is 4.30. The van der Waals surface area contributed by atoms with Crippen LogP contribution < -0.4 is 0 Å². The van der Waals surface area contributed by atoms with Crippen LogP contribution in [0.5, 0.6) is 0 Å². The van der Waals surface area contributed by atoms with Crippen LogP contribution in [0.15, 0.2) is 11.1 Å². The van der Waals surface area contributed by atoms with Gasteiger partial charge in [0.05, 0.1) is 26.4 Å². The number of unbranched alkanes of at least 4 members (excludes halogenated alkanes) is 3. The van der Waals surface area contributed by atoms with Crippen molar-refractivity contribution in [1.29, 1.82) is 0 Å². The van der Waals surface area contributed by atoms with Crippen LogP contribution in [0.25, 0.3) is 0 Å².